The monoisotopic (exact) mass is 365 g/mol. The molecule has 4 rings (SSSR count). The maximum absolute atomic E-state index is 13.0. The first-order valence-electron chi connectivity index (χ1n) is 9.02. The van der Waals surface area contributed by atoms with E-state index in [1.807, 2.05) is 51.1 Å². The maximum atomic E-state index is 13.0. The van der Waals surface area contributed by atoms with Crippen LogP contribution >= 0.6 is 0 Å². The van der Waals surface area contributed by atoms with E-state index < -0.39 is 0 Å². The third-order valence-electron chi connectivity index (χ3n) is 4.87. The lowest BCUT2D eigenvalue weighted by Crippen LogP contribution is -2.24. The van der Waals surface area contributed by atoms with E-state index in [2.05, 4.69) is 5.32 Å². The van der Waals surface area contributed by atoms with Crippen LogP contribution in [0.5, 0.6) is 17.2 Å². The van der Waals surface area contributed by atoms with Crippen LogP contribution in [-0.4, -0.2) is 25.2 Å². The van der Waals surface area contributed by atoms with Gasteiger partial charge in [0.15, 0.2) is 11.5 Å². The smallest absolute Gasteiger partial charge is 0.256 e. The van der Waals surface area contributed by atoms with E-state index in [4.69, 9.17) is 14.2 Å². The number of amides is 1. The molecule has 140 valence electrons. The van der Waals surface area contributed by atoms with Crippen molar-refractivity contribution >= 4 is 17.2 Å². The van der Waals surface area contributed by atoms with E-state index in [-0.39, 0.29) is 11.5 Å². The molecule has 2 heterocycles. The average Bonchev–Trinajstić information content (AvgIpc) is 2.94. The minimum absolute atomic E-state index is 0.162. The quantitative estimate of drug-likeness (QED) is 0.888. The number of hydrogen-bond acceptors (Lipinski definition) is 4. The summed E-state index contributed by atoms with van der Waals surface area (Å²) in [7, 11) is 1.61. The van der Waals surface area contributed by atoms with Crippen LogP contribution in [0.25, 0.3) is 5.57 Å². The molecule has 1 amide bonds. The van der Waals surface area contributed by atoms with Crippen LogP contribution in [0, 0.1) is 6.92 Å². The first kappa shape index (κ1) is 17.5. The van der Waals surface area contributed by atoms with E-state index in [9.17, 15) is 4.79 Å². The highest BCUT2D eigenvalue weighted by molar-refractivity contribution is 6.26. The molecule has 5 nitrogen and oxygen atoms in total. The summed E-state index contributed by atoms with van der Waals surface area (Å²) in [5.74, 6) is 1.99. The van der Waals surface area contributed by atoms with Gasteiger partial charge in [-0.25, -0.2) is 0 Å². The van der Waals surface area contributed by atoms with E-state index in [1.54, 1.807) is 13.2 Å². The number of benzene rings is 2. The van der Waals surface area contributed by atoms with Crippen molar-refractivity contribution in [3.63, 3.8) is 0 Å². The fourth-order valence-electron chi connectivity index (χ4n) is 3.69. The van der Waals surface area contributed by atoms with Gasteiger partial charge in [-0.3, -0.25) is 4.79 Å². The molecule has 0 saturated heterocycles. The van der Waals surface area contributed by atoms with Crippen LogP contribution < -0.4 is 19.5 Å². The number of fused-ring (bicyclic) bond motifs is 2. The Kier molecular flexibility index (Phi) is 4.10. The minimum Gasteiger partial charge on any atom is -0.493 e. The summed E-state index contributed by atoms with van der Waals surface area (Å²) in [6.45, 7) is 6.44. The lowest BCUT2D eigenvalue weighted by Gasteiger charge is -2.20. The van der Waals surface area contributed by atoms with Gasteiger partial charge in [0.05, 0.1) is 7.11 Å². The van der Waals surface area contributed by atoms with Gasteiger partial charge in [-0.1, -0.05) is 18.2 Å². The van der Waals surface area contributed by atoms with Crippen molar-refractivity contribution in [2.24, 2.45) is 0 Å². The van der Waals surface area contributed by atoms with Gasteiger partial charge in [0.1, 0.15) is 18.0 Å². The predicted octanol–water partition coefficient (Wildman–Crippen LogP) is 4.13. The Morgan fingerprint density at radius 1 is 1.22 bits per heavy atom. The molecule has 27 heavy (non-hydrogen) atoms. The lowest BCUT2D eigenvalue weighted by atomic mass is 9.98. The molecule has 0 fully saturated rings. The summed E-state index contributed by atoms with van der Waals surface area (Å²) in [5, 5.41) is 3.01. The molecule has 0 aromatic heterocycles. The van der Waals surface area contributed by atoms with Crippen molar-refractivity contribution in [1.82, 2.24) is 0 Å². The van der Waals surface area contributed by atoms with Gasteiger partial charge in [0, 0.05) is 34.9 Å². The maximum Gasteiger partial charge on any atom is 0.256 e. The molecule has 0 bridgehead atoms. The zero-order chi connectivity index (χ0) is 19.2. The summed E-state index contributed by atoms with van der Waals surface area (Å²) in [5.41, 5.74) is 3.90. The van der Waals surface area contributed by atoms with Gasteiger partial charge in [-0.2, -0.15) is 0 Å². The highest BCUT2D eigenvalue weighted by Gasteiger charge is 2.33. The lowest BCUT2D eigenvalue weighted by molar-refractivity contribution is -0.111. The van der Waals surface area contributed by atoms with Crippen molar-refractivity contribution in [1.29, 1.82) is 0 Å². The van der Waals surface area contributed by atoms with E-state index in [0.717, 1.165) is 34.6 Å². The molecular formula is C22H23NO4. The van der Waals surface area contributed by atoms with Crippen LogP contribution in [-0.2, 0) is 11.2 Å². The van der Waals surface area contributed by atoms with Crippen LogP contribution in [0.3, 0.4) is 0 Å². The van der Waals surface area contributed by atoms with Gasteiger partial charge in [-0.05, 0) is 38.5 Å². The second-order valence-corrected chi connectivity index (χ2v) is 7.54. The molecule has 2 aromatic rings. The van der Waals surface area contributed by atoms with E-state index in [0.29, 0.717) is 23.6 Å². The van der Waals surface area contributed by atoms with Crippen molar-refractivity contribution in [2.45, 2.75) is 32.8 Å². The Hall–Kier alpha value is -2.95. The Balaban J connectivity index is 1.64. The average molecular weight is 365 g/mol. The largest absolute Gasteiger partial charge is 0.493 e. The number of ether oxygens (including phenoxy) is 3. The number of hydrogen-bond donors (Lipinski definition) is 1. The predicted molar refractivity (Wildman–Crippen MR) is 105 cm³/mol. The fraction of sp³-hybridized carbons (Fsp3) is 0.318. The Labute approximate surface area is 158 Å². The zero-order valence-electron chi connectivity index (χ0n) is 16.0. The first-order valence-corrected chi connectivity index (χ1v) is 9.02. The molecule has 1 N–H and O–H groups in total. The summed E-state index contributed by atoms with van der Waals surface area (Å²) in [6, 6.07) is 9.58. The number of methoxy groups -OCH3 is 1. The SMILES string of the molecule is COc1cc(NC(=O)C2=CCOc3c(C)cccc32)cc2c1OC(C)(C)C2. The second kappa shape index (κ2) is 6.34. The van der Waals surface area contributed by atoms with Crippen LogP contribution in [0.4, 0.5) is 5.69 Å². The molecule has 0 unspecified atom stereocenters. The van der Waals surface area contributed by atoms with E-state index in [1.165, 1.54) is 0 Å². The summed E-state index contributed by atoms with van der Waals surface area (Å²) in [6.07, 6.45) is 2.58. The van der Waals surface area contributed by atoms with Gasteiger partial charge in [-0.15, -0.1) is 0 Å². The highest BCUT2D eigenvalue weighted by atomic mass is 16.5. The Bertz CT molecular complexity index is 959. The number of para-hydroxylation sites is 1. The zero-order valence-corrected chi connectivity index (χ0v) is 16.0. The van der Waals surface area contributed by atoms with Crippen molar-refractivity contribution in [3.8, 4) is 17.2 Å². The molecule has 0 atom stereocenters. The first-order chi connectivity index (χ1) is 12.9. The number of nitrogens with one attached hydrogen (secondary N) is 1. The molecule has 2 aliphatic rings. The molecule has 0 spiro atoms. The molecular weight excluding hydrogens is 342 g/mol. The van der Waals surface area contributed by atoms with Crippen LogP contribution in [0.1, 0.15) is 30.5 Å². The molecule has 2 aliphatic heterocycles. The molecule has 2 aromatic carbocycles. The summed E-state index contributed by atoms with van der Waals surface area (Å²) < 4.78 is 17.2. The van der Waals surface area contributed by atoms with Crippen molar-refractivity contribution < 1.29 is 19.0 Å². The Morgan fingerprint density at radius 3 is 2.81 bits per heavy atom. The number of carbonyl (C=O) groups excluding carboxylic acids is 1. The standard InChI is InChI=1S/C22H23NO4/c1-13-6-5-7-16-17(8-9-26-19(13)16)21(24)23-15-10-14-12-22(2,3)27-20(14)18(11-15)25-4/h5-8,10-11H,9,12H2,1-4H3,(H,23,24). The summed E-state index contributed by atoms with van der Waals surface area (Å²) >= 11 is 0. The third kappa shape index (κ3) is 3.14. The summed E-state index contributed by atoms with van der Waals surface area (Å²) in [4.78, 5) is 13.0. The molecule has 0 radical (unpaired) electrons. The minimum atomic E-state index is -0.280. The van der Waals surface area contributed by atoms with Crippen molar-refractivity contribution in [2.75, 3.05) is 19.0 Å². The molecule has 0 aliphatic carbocycles. The van der Waals surface area contributed by atoms with Crippen molar-refractivity contribution in [3.05, 3.63) is 53.1 Å². The van der Waals surface area contributed by atoms with Gasteiger partial charge >= 0.3 is 0 Å². The highest BCUT2D eigenvalue weighted by Crippen LogP contribution is 2.44. The molecule has 5 heteroatoms. The van der Waals surface area contributed by atoms with E-state index >= 15 is 0 Å². The van der Waals surface area contributed by atoms with Gasteiger partial charge in [0.25, 0.3) is 5.91 Å². The third-order valence-corrected chi connectivity index (χ3v) is 4.87. The number of aryl methyl sites for hydroxylation is 1. The topological polar surface area (TPSA) is 56.8 Å². The number of anilines is 1. The number of carbonyl (C=O) groups is 1. The van der Waals surface area contributed by atoms with Gasteiger partial charge < -0.3 is 19.5 Å². The second-order valence-electron chi connectivity index (χ2n) is 7.54. The van der Waals surface area contributed by atoms with Crippen LogP contribution in [0.2, 0.25) is 0 Å². The molecule has 0 saturated carbocycles. The normalized spacial score (nSPS) is 16.4. The van der Waals surface area contributed by atoms with Gasteiger partial charge in [0.2, 0.25) is 0 Å². The number of rotatable bonds is 3. The van der Waals surface area contributed by atoms with Crippen LogP contribution in [0.15, 0.2) is 36.4 Å². The fourth-order valence-corrected chi connectivity index (χ4v) is 3.69. The Morgan fingerprint density at radius 2 is 2.04 bits per heavy atom.